The molecule has 1 heterocycles. The van der Waals surface area contributed by atoms with Gasteiger partial charge in [-0.15, -0.1) is 0 Å². The number of nitrogens with one attached hydrogen (secondary N) is 1. The summed E-state index contributed by atoms with van der Waals surface area (Å²) < 4.78 is 46.8. The number of urea groups is 1. The highest BCUT2D eigenvalue weighted by atomic mass is 19.4. The lowest BCUT2D eigenvalue weighted by atomic mass is 9.95. The van der Waals surface area contributed by atoms with Crippen molar-refractivity contribution in [3.05, 3.63) is 71.3 Å². The van der Waals surface area contributed by atoms with Crippen molar-refractivity contribution < 1.29 is 22.7 Å². The standard InChI is InChI=1S/C22H25F3N2O2/c1-3-15(2)26-21(28)27-13-17(14-27)29-20(16-9-5-4-6-10-16)18-11-7-8-12-19(18)22(23,24)25/h4-12,15,17,20H,3,13-14H2,1-2H3,(H,26,28). The van der Waals surface area contributed by atoms with E-state index >= 15 is 0 Å². The molecular weight excluding hydrogens is 381 g/mol. The number of halogens is 3. The van der Waals surface area contributed by atoms with Gasteiger partial charge in [0.25, 0.3) is 0 Å². The minimum atomic E-state index is -4.48. The van der Waals surface area contributed by atoms with Gasteiger partial charge < -0.3 is 15.0 Å². The van der Waals surface area contributed by atoms with Gasteiger partial charge in [0, 0.05) is 6.04 Å². The Morgan fingerprint density at radius 1 is 1.14 bits per heavy atom. The Morgan fingerprint density at radius 3 is 2.38 bits per heavy atom. The Morgan fingerprint density at radius 2 is 1.76 bits per heavy atom. The lowest BCUT2D eigenvalue weighted by Gasteiger charge is -2.41. The van der Waals surface area contributed by atoms with Crippen LogP contribution in [-0.4, -0.2) is 36.2 Å². The van der Waals surface area contributed by atoms with E-state index in [1.807, 2.05) is 13.8 Å². The van der Waals surface area contributed by atoms with Crippen molar-refractivity contribution in [3.63, 3.8) is 0 Å². The summed E-state index contributed by atoms with van der Waals surface area (Å²) in [5.41, 5.74) is 0.0139. The van der Waals surface area contributed by atoms with Gasteiger partial charge in [0.2, 0.25) is 0 Å². The molecule has 0 bridgehead atoms. The fraction of sp³-hybridized carbons (Fsp3) is 0.409. The second-order valence-electron chi connectivity index (χ2n) is 7.30. The third-order valence-electron chi connectivity index (χ3n) is 5.10. The first-order chi connectivity index (χ1) is 13.8. The number of carbonyl (C=O) groups is 1. The van der Waals surface area contributed by atoms with E-state index in [4.69, 9.17) is 4.74 Å². The molecule has 2 unspecified atom stereocenters. The van der Waals surface area contributed by atoms with Gasteiger partial charge >= 0.3 is 12.2 Å². The van der Waals surface area contributed by atoms with Crippen LogP contribution in [0.1, 0.15) is 43.1 Å². The van der Waals surface area contributed by atoms with E-state index in [9.17, 15) is 18.0 Å². The van der Waals surface area contributed by atoms with E-state index in [1.165, 1.54) is 12.1 Å². The molecule has 1 saturated heterocycles. The molecule has 0 radical (unpaired) electrons. The first kappa shape index (κ1) is 21.2. The first-order valence-corrected chi connectivity index (χ1v) is 9.71. The lowest BCUT2D eigenvalue weighted by molar-refractivity contribution is -0.140. The van der Waals surface area contributed by atoms with Crippen molar-refractivity contribution in [2.24, 2.45) is 0 Å². The van der Waals surface area contributed by atoms with Crippen LogP contribution in [0.5, 0.6) is 0 Å². The summed E-state index contributed by atoms with van der Waals surface area (Å²) >= 11 is 0. The molecule has 3 rings (SSSR count). The molecule has 1 fully saturated rings. The molecule has 1 aliphatic heterocycles. The van der Waals surface area contributed by atoms with Gasteiger partial charge in [0.15, 0.2) is 0 Å². The van der Waals surface area contributed by atoms with Crippen LogP contribution in [0.15, 0.2) is 54.6 Å². The van der Waals surface area contributed by atoms with E-state index in [0.717, 1.165) is 12.5 Å². The van der Waals surface area contributed by atoms with Crippen molar-refractivity contribution in [2.75, 3.05) is 13.1 Å². The number of nitrogens with zero attached hydrogens (tertiary/aromatic N) is 1. The molecule has 29 heavy (non-hydrogen) atoms. The molecule has 156 valence electrons. The van der Waals surface area contributed by atoms with Crippen LogP contribution >= 0.6 is 0 Å². The highest BCUT2D eigenvalue weighted by Crippen LogP contribution is 2.39. The maximum atomic E-state index is 13.6. The second-order valence-corrected chi connectivity index (χ2v) is 7.30. The van der Waals surface area contributed by atoms with E-state index in [1.54, 1.807) is 41.3 Å². The smallest absolute Gasteiger partial charge is 0.362 e. The Hall–Kier alpha value is -2.54. The summed E-state index contributed by atoms with van der Waals surface area (Å²) in [6.45, 7) is 4.60. The predicted octanol–water partition coefficient (Wildman–Crippen LogP) is 5.00. The number of hydrogen-bond acceptors (Lipinski definition) is 2. The lowest BCUT2D eigenvalue weighted by Crippen LogP contribution is -2.58. The van der Waals surface area contributed by atoms with Gasteiger partial charge in [-0.1, -0.05) is 55.5 Å². The number of likely N-dealkylation sites (tertiary alicyclic amines) is 1. The van der Waals surface area contributed by atoms with Crippen LogP contribution in [-0.2, 0) is 10.9 Å². The minimum absolute atomic E-state index is 0.0678. The van der Waals surface area contributed by atoms with Gasteiger partial charge in [-0.25, -0.2) is 4.79 Å². The molecule has 2 aromatic carbocycles. The Labute approximate surface area is 168 Å². The summed E-state index contributed by atoms with van der Waals surface area (Å²) in [5, 5.41) is 2.88. The number of ether oxygens (including phenoxy) is 1. The topological polar surface area (TPSA) is 41.6 Å². The van der Waals surface area contributed by atoms with Gasteiger partial charge in [-0.3, -0.25) is 0 Å². The fourth-order valence-corrected chi connectivity index (χ4v) is 3.23. The molecule has 0 saturated carbocycles. The third-order valence-corrected chi connectivity index (χ3v) is 5.10. The Balaban J connectivity index is 1.78. The highest BCUT2D eigenvalue weighted by molar-refractivity contribution is 5.75. The van der Waals surface area contributed by atoms with E-state index in [0.29, 0.717) is 18.7 Å². The second kappa shape index (κ2) is 8.86. The number of alkyl halides is 3. The van der Waals surface area contributed by atoms with Gasteiger partial charge in [0.1, 0.15) is 6.10 Å². The molecule has 1 N–H and O–H groups in total. The normalized spacial score (nSPS) is 16.8. The van der Waals surface area contributed by atoms with Crippen LogP contribution in [0.2, 0.25) is 0 Å². The summed E-state index contributed by atoms with van der Waals surface area (Å²) in [5.74, 6) is 0. The minimum Gasteiger partial charge on any atom is -0.362 e. The number of benzene rings is 2. The summed E-state index contributed by atoms with van der Waals surface area (Å²) in [4.78, 5) is 13.8. The van der Waals surface area contributed by atoms with Crippen LogP contribution in [0.3, 0.4) is 0 Å². The highest BCUT2D eigenvalue weighted by Gasteiger charge is 2.38. The van der Waals surface area contributed by atoms with E-state index in [-0.39, 0.29) is 23.7 Å². The Kier molecular flexibility index (Phi) is 6.47. The summed E-state index contributed by atoms with van der Waals surface area (Å²) in [6, 6.07) is 14.2. The number of rotatable bonds is 6. The maximum absolute atomic E-state index is 13.6. The quantitative estimate of drug-likeness (QED) is 0.733. The van der Waals surface area contributed by atoms with Crippen molar-refractivity contribution in [1.82, 2.24) is 10.2 Å². The maximum Gasteiger partial charge on any atom is 0.416 e. The zero-order valence-electron chi connectivity index (χ0n) is 16.4. The number of amides is 2. The zero-order chi connectivity index (χ0) is 21.0. The molecule has 0 aromatic heterocycles. The van der Waals surface area contributed by atoms with Crippen LogP contribution in [0.4, 0.5) is 18.0 Å². The van der Waals surface area contributed by atoms with Crippen molar-refractivity contribution in [2.45, 2.75) is 44.7 Å². The van der Waals surface area contributed by atoms with E-state index in [2.05, 4.69) is 5.32 Å². The monoisotopic (exact) mass is 406 g/mol. The molecule has 0 aliphatic carbocycles. The SMILES string of the molecule is CCC(C)NC(=O)N1CC(OC(c2ccccc2)c2ccccc2C(F)(F)F)C1. The molecular formula is C22H25F3N2O2. The number of hydrogen-bond donors (Lipinski definition) is 1. The predicted molar refractivity (Wildman–Crippen MR) is 104 cm³/mol. The van der Waals surface area contributed by atoms with Gasteiger partial charge in [-0.2, -0.15) is 13.2 Å². The average molecular weight is 406 g/mol. The van der Waals surface area contributed by atoms with Gasteiger partial charge in [-0.05, 0) is 30.5 Å². The average Bonchev–Trinajstić information content (AvgIpc) is 2.67. The largest absolute Gasteiger partial charge is 0.416 e. The molecule has 4 nitrogen and oxygen atoms in total. The zero-order valence-corrected chi connectivity index (χ0v) is 16.4. The van der Waals surface area contributed by atoms with Crippen LogP contribution in [0, 0.1) is 0 Å². The van der Waals surface area contributed by atoms with Crippen LogP contribution in [0.25, 0.3) is 0 Å². The molecule has 1 aliphatic rings. The van der Waals surface area contributed by atoms with E-state index < -0.39 is 17.8 Å². The number of carbonyl (C=O) groups excluding carboxylic acids is 1. The molecule has 0 spiro atoms. The molecule has 2 amide bonds. The van der Waals surface area contributed by atoms with Gasteiger partial charge in [0.05, 0.1) is 24.8 Å². The summed E-state index contributed by atoms with van der Waals surface area (Å²) in [6.07, 6.45) is -4.85. The van der Waals surface area contributed by atoms with Crippen molar-refractivity contribution in [1.29, 1.82) is 0 Å². The molecule has 2 atom stereocenters. The first-order valence-electron chi connectivity index (χ1n) is 9.71. The molecule has 2 aromatic rings. The third kappa shape index (κ3) is 5.09. The van der Waals surface area contributed by atoms with Crippen molar-refractivity contribution in [3.8, 4) is 0 Å². The summed E-state index contributed by atoms with van der Waals surface area (Å²) in [7, 11) is 0. The Bertz CT molecular complexity index is 820. The fourth-order valence-electron chi connectivity index (χ4n) is 3.23. The molecule has 7 heteroatoms. The van der Waals surface area contributed by atoms with Crippen molar-refractivity contribution >= 4 is 6.03 Å². The van der Waals surface area contributed by atoms with Crippen LogP contribution < -0.4 is 5.32 Å².